The van der Waals surface area contributed by atoms with Crippen molar-refractivity contribution in [3.8, 4) is 0 Å². The first-order valence-corrected chi connectivity index (χ1v) is 48.8. The maximum Gasteiger partial charge on any atom is 3.00 e. The molecule has 0 atom stereocenters. The first kappa shape index (κ1) is 111. The van der Waals surface area contributed by atoms with Crippen LogP contribution in [0.2, 0.25) is 0 Å². The first-order chi connectivity index (χ1) is 60.0. The number of rotatable bonds is 27. The fraction of sp³-hybridized carbons (Fsp3) is 0.467. The molecule has 3 aliphatic rings. The molecule has 705 valence electrons. The van der Waals surface area contributed by atoms with Crippen LogP contribution < -0.4 is 29.4 Å². The van der Waals surface area contributed by atoms with Crippen molar-refractivity contribution in [1.29, 1.82) is 0 Å². The Hall–Kier alpha value is -9.21. The van der Waals surface area contributed by atoms with Gasteiger partial charge in [-0.15, -0.1) is 24.5 Å². The van der Waals surface area contributed by atoms with Crippen molar-refractivity contribution in [2.45, 2.75) is 375 Å². The molecule has 0 saturated carbocycles. The minimum absolute atomic E-state index is 0. The second kappa shape index (κ2) is 44.8. The SMILES string of the molecule is C=C([N-]c1c(C(C)C)cccc1C(C)C)C(=C)[N-]c1c(C(C)C)cccc1C(C)C.C=C1C(=C)N(c2c(C(C)C)cccc2C(C)C)C(C)(C)N1c1c(C(C)C)cccc1C(C)C.C=C1C(=C)N(c2c(C(C)C)cccc2C(C)C)C(C)(C)N1c1c(C(C)C)cccc1C(C)C.C=C1C(=C)N(c2c(C(C)C)cccc2C(C)C)C(C)(C)N1c1c(C(C)C)cccc1C(C)C.[CH3-].[Ti+3]. The van der Waals surface area contributed by atoms with E-state index in [4.69, 9.17) is 10.6 Å². The van der Waals surface area contributed by atoms with E-state index in [2.05, 4.69) is 491 Å². The van der Waals surface area contributed by atoms with Crippen LogP contribution in [0.4, 0.5) is 45.5 Å². The third-order valence-electron chi connectivity index (χ3n) is 26.8. The summed E-state index contributed by atoms with van der Waals surface area (Å²) < 4.78 is 0. The standard InChI is InChI=1S/3C31H44N2.C28H38N2.CH3.Ti/c3*1-19(2)25-15-13-16-26(20(3)4)29(25)32-23(9)24(10)33(31(32,11)12)30-27(21(5)6)17-14-18-28(30)22(7)8;1-17(2)23-13-11-14-24(18(3)4)27(23)29-21(9)22(10)30-28-25(19(5)6)15-12-16-26(28)20(7)8;;/h3*13-22H,9-10H2,1-8,11-12H3;11-20H,9-10H2,1-8H3;1H3;/q;;;-2;-1;+3. The van der Waals surface area contributed by atoms with E-state index in [1.807, 2.05) is 0 Å². The summed E-state index contributed by atoms with van der Waals surface area (Å²) in [6.07, 6.45) is 0. The molecule has 1 radical (unpaired) electrons. The van der Waals surface area contributed by atoms with E-state index in [-0.39, 0.29) is 46.1 Å². The van der Waals surface area contributed by atoms with Gasteiger partial charge in [0.15, 0.2) is 0 Å². The van der Waals surface area contributed by atoms with Gasteiger partial charge in [-0.3, -0.25) is 0 Å². The zero-order valence-electron chi connectivity index (χ0n) is 89.3. The van der Waals surface area contributed by atoms with Gasteiger partial charge < -0.3 is 47.5 Å². The molecule has 3 aliphatic heterocycles. The Bertz CT molecular complexity index is 4450. The molecule has 0 aliphatic carbocycles. The molecule has 11 rings (SSSR count). The first-order valence-electron chi connectivity index (χ1n) is 48.8. The Balaban J connectivity index is 0.000000268. The van der Waals surface area contributed by atoms with Gasteiger partial charge in [-0.25, -0.2) is 0 Å². The maximum atomic E-state index is 4.96. The van der Waals surface area contributed by atoms with Crippen molar-refractivity contribution in [3.05, 3.63) is 351 Å². The minimum atomic E-state index is -0.350. The zero-order valence-corrected chi connectivity index (χ0v) is 90.9. The molecule has 0 spiro atoms. The molecule has 8 aromatic rings. The topological polar surface area (TPSA) is 47.6 Å². The second-order valence-corrected chi connectivity index (χ2v) is 43.0. The molecule has 3 heterocycles. The zero-order chi connectivity index (χ0) is 97.1. The van der Waals surface area contributed by atoms with Gasteiger partial charge in [0.2, 0.25) is 0 Å². The second-order valence-electron chi connectivity index (χ2n) is 43.0. The van der Waals surface area contributed by atoms with E-state index >= 15 is 0 Å². The van der Waals surface area contributed by atoms with E-state index in [1.165, 1.54) is 123 Å². The summed E-state index contributed by atoms with van der Waals surface area (Å²) in [6.45, 7) is 122. The van der Waals surface area contributed by atoms with Crippen LogP contribution in [0.5, 0.6) is 0 Å². The maximum absolute atomic E-state index is 4.96. The Labute approximate surface area is 816 Å². The Morgan fingerprint density at radius 3 is 0.382 bits per heavy atom. The molecule has 9 heteroatoms. The Kier molecular flexibility index (Phi) is 37.8. The van der Waals surface area contributed by atoms with Crippen LogP contribution in [0.15, 0.2) is 244 Å². The van der Waals surface area contributed by atoms with Gasteiger partial charge in [-0.2, -0.15) is 11.4 Å². The summed E-state index contributed by atoms with van der Waals surface area (Å²) in [7, 11) is 0. The quantitative estimate of drug-likeness (QED) is 0.0290. The molecule has 0 amide bonds. The number of anilines is 6. The third kappa shape index (κ3) is 22.6. The minimum Gasteiger partial charge on any atom is -0.659 e. The normalized spacial score (nSPS) is 14.9. The van der Waals surface area contributed by atoms with Gasteiger partial charge in [-0.05, 0) is 203 Å². The van der Waals surface area contributed by atoms with Crippen molar-refractivity contribution in [2.75, 3.05) is 29.4 Å². The largest absolute Gasteiger partial charge is 3.00 e. The molecule has 8 aromatic carbocycles. The Morgan fingerprint density at radius 2 is 0.290 bits per heavy atom. The molecule has 0 N–H and O–H groups in total. The molecule has 0 bridgehead atoms. The molecule has 3 fully saturated rings. The van der Waals surface area contributed by atoms with Gasteiger partial charge >= 0.3 is 21.7 Å². The average molecular weight is 1800 g/mol. The van der Waals surface area contributed by atoms with E-state index in [0.29, 0.717) is 106 Å². The van der Waals surface area contributed by atoms with Crippen LogP contribution in [0, 0.1) is 7.43 Å². The van der Waals surface area contributed by atoms with Crippen molar-refractivity contribution in [2.24, 2.45) is 0 Å². The van der Waals surface area contributed by atoms with Crippen LogP contribution in [0.25, 0.3) is 10.6 Å². The van der Waals surface area contributed by atoms with Crippen molar-refractivity contribution >= 4 is 45.5 Å². The summed E-state index contributed by atoms with van der Waals surface area (Å²) in [5.74, 6) is 6.52. The van der Waals surface area contributed by atoms with Gasteiger partial charge in [0, 0.05) is 0 Å². The third-order valence-corrected chi connectivity index (χ3v) is 26.8. The van der Waals surface area contributed by atoms with Crippen LogP contribution >= 0.6 is 0 Å². The predicted molar refractivity (Wildman–Crippen MR) is 580 cm³/mol. The summed E-state index contributed by atoms with van der Waals surface area (Å²) in [6, 6.07) is 53.5. The fourth-order valence-electron chi connectivity index (χ4n) is 19.8. The summed E-state index contributed by atoms with van der Waals surface area (Å²) in [5, 5.41) is 9.92. The Morgan fingerprint density at radius 1 is 0.198 bits per heavy atom. The molecule has 0 aromatic heterocycles. The average Bonchev–Trinajstić information content (AvgIpc) is 1.58. The number of nitrogens with zero attached hydrogens (tertiary/aromatic N) is 8. The number of benzene rings is 8. The number of para-hydroxylation sites is 8. The summed E-state index contributed by atoms with van der Waals surface area (Å²) >= 11 is 0. The number of hydrogen-bond donors (Lipinski definition) is 0. The van der Waals surface area contributed by atoms with Crippen molar-refractivity contribution < 1.29 is 21.7 Å². The van der Waals surface area contributed by atoms with Crippen molar-refractivity contribution in [1.82, 2.24) is 0 Å². The van der Waals surface area contributed by atoms with E-state index < -0.39 is 0 Å². The van der Waals surface area contributed by atoms with Crippen LogP contribution in [0.3, 0.4) is 0 Å². The molecule has 131 heavy (non-hydrogen) atoms. The number of hydrogen-bond acceptors (Lipinski definition) is 6. The van der Waals surface area contributed by atoms with Gasteiger partial charge in [0.1, 0.15) is 17.0 Å². The van der Waals surface area contributed by atoms with Crippen LogP contribution in [0.1, 0.15) is 447 Å². The fourth-order valence-corrected chi connectivity index (χ4v) is 19.8. The monoisotopic (exact) mass is 1800 g/mol. The molecular weight excluding hydrogens is 1630 g/mol. The van der Waals surface area contributed by atoms with E-state index in [0.717, 1.165) is 45.6 Å². The summed E-state index contributed by atoms with van der Waals surface area (Å²) in [4.78, 5) is 14.8. The van der Waals surface area contributed by atoms with E-state index in [9.17, 15) is 0 Å². The summed E-state index contributed by atoms with van der Waals surface area (Å²) in [5.41, 5.74) is 37.3. The molecule has 3 saturated heterocycles. The molecular formula is C122H173N8Ti. The van der Waals surface area contributed by atoms with Crippen molar-refractivity contribution in [3.63, 3.8) is 0 Å². The smallest absolute Gasteiger partial charge is 0.659 e. The van der Waals surface area contributed by atoms with Gasteiger partial charge in [0.05, 0.1) is 68.3 Å². The van der Waals surface area contributed by atoms with E-state index in [1.54, 1.807) is 0 Å². The van der Waals surface area contributed by atoms with Crippen LogP contribution in [-0.4, -0.2) is 17.0 Å². The molecule has 8 nitrogen and oxygen atoms in total. The predicted octanol–water partition coefficient (Wildman–Crippen LogP) is 38.2. The van der Waals surface area contributed by atoms with Crippen LogP contribution in [-0.2, 0) is 21.7 Å². The van der Waals surface area contributed by atoms with Gasteiger partial charge in [0.25, 0.3) is 0 Å². The molecule has 0 unspecified atom stereocenters. The van der Waals surface area contributed by atoms with Gasteiger partial charge in [-0.1, -0.05) is 429 Å².